The van der Waals surface area contributed by atoms with E-state index in [1.165, 1.54) is 16.3 Å². The first-order chi connectivity index (χ1) is 18.5. The van der Waals surface area contributed by atoms with Gasteiger partial charge >= 0.3 is 0 Å². The van der Waals surface area contributed by atoms with E-state index in [0.717, 1.165) is 50.4 Å². The van der Waals surface area contributed by atoms with Crippen molar-refractivity contribution in [3.8, 4) is 28.3 Å². The molecule has 4 heteroatoms. The molecule has 0 aliphatic carbocycles. The van der Waals surface area contributed by atoms with Crippen molar-refractivity contribution in [1.29, 1.82) is 0 Å². The van der Waals surface area contributed by atoms with Gasteiger partial charge in [-0.3, -0.25) is 9.55 Å². The molecule has 0 amide bonds. The van der Waals surface area contributed by atoms with E-state index in [9.17, 15) is 0 Å². The van der Waals surface area contributed by atoms with E-state index in [1.54, 1.807) is 0 Å². The Labute approximate surface area is 221 Å². The van der Waals surface area contributed by atoms with Crippen LogP contribution in [0.25, 0.3) is 61.2 Å². The minimum Gasteiger partial charge on any atom is -0.341 e. The fourth-order valence-corrected chi connectivity index (χ4v) is 5.31. The monoisotopic (exact) mass is 492 g/mol. The maximum atomic E-state index is 5.28. The minimum absolute atomic E-state index is 0.0585. The van der Waals surface area contributed by atoms with Crippen LogP contribution in [0.2, 0.25) is 0 Å². The number of nitrogens with one attached hydrogen (secondary N) is 1. The predicted octanol–water partition coefficient (Wildman–Crippen LogP) is 8.69. The number of fused-ring (bicyclic) bond motifs is 4. The third-order valence-electron chi connectivity index (χ3n) is 7.36. The van der Waals surface area contributed by atoms with E-state index in [2.05, 4.69) is 120 Å². The third-order valence-corrected chi connectivity index (χ3v) is 7.36. The van der Waals surface area contributed by atoms with Gasteiger partial charge in [-0.2, -0.15) is 0 Å². The number of aromatic nitrogens is 4. The molecule has 1 N–H and O–H groups in total. The lowest BCUT2D eigenvalue weighted by Crippen LogP contribution is -2.10. The highest BCUT2D eigenvalue weighted by Crippen LogP contribution is 2.36. The standard InChI is InChI=1S/C34H28N4/c1-34(2,3)25-14-17-31-27(21-25)26-15-16-30(23-11-8-10-22(19-23)28-12-6-7-18-35-28)37-33(26)38(31)32-20-24-9-4-5-13-29(24)36-32/h4-21,36H,1-3H3. The minimum atomic E-state index is 0.0585. The van der Waals surface area contributed by atoms with Gasteiger partial charge in [0.15, 0.2) is 0 Å². The number of hydrogen-bond donors (Lipinski definition) is 1. The molecule has 7 aromatic rings. The summed E-state index contributed by atoms with van der Waals surface area (Å²) in [5, 5.41) is 3.55. The second-order valence-corrected chi connectivity index (χ2v) is 10.9. The molecule has 4 heterocycles. The van der Waals surface area contributed by atoms with Crippen LogP contribution >= 0.6 is 0 Å². The SMILES string of the molecule is CC(C)(C)c1ccc2c(c1)c1ccc(-c3cccc(-c4ccccn4)c3)nc1n2-c1cc2ccccc2[nH]1. The second-order valence-electron chi connectivity index (χ2n) is 10.9. The maximum absolute atomic E-state index is 5.28. The average molecular weight is 493 g/mol. The van der Waals surface area contributed by atoms with Gasteiger partial charge in [0, 0.05) is 39.0 Å². The van der Waals surface area contributed by atoms with Crippen LogP contribution in [0.5, 0.6) is 0 Å². The fourth-order valence-electron chi connectivity index (χ4n) is 5.31. The smallest absolute Gasteiger partial charge is 0.147 e. The highest BCUT2D eigenvalue weighted by molar-refractivity contribution is 6.09. The summed E-state index contributed by atoms with van der Waals surface area (Å²) < 4.78 is 2.27. The van der Waals surface area contributed by atoms with E-state index in [-0.39, 0.29) is 5.41 Å². The number of rotatable bonds is 3. The lowest BCUT2D eigenvalue weighted by molar-refractivity contribution is 0.591. The van der Waals surface area contributed by atoms with E-state index in [4.69, 9.17) is 4.98 Å². The molecular formula is C34H28N4. The highest BCUT2D eigenvalue weighted by atomic mass is 15.1. The largest absolute Gasteiger partial charge is 0.341 e. The van der Waals surface area contributed by atoms with Crippen molar-refractivity contribution >= 4 is 32.8 Å². The van der Waals surface area contributed by atoms with Gasteiger partial charge in [-0.05, 0) is 65.6 Å². The van der Waals surface area contributed by atoms with Crippen LogP contribution in [0.3, 0.4) is 0 Å². The van der Waals surface area contributed by atoms with Crippen LogP contribution in [0, 0.1) is 0 Å². The van der Waals surface area contributed by atoms with Crippen LogP contribution in [-0.2, 0) is 5.41 Å². The Morgan fingerprint density at radius 2 is 1.50 bits per heavy atom. The zero-order valence-electron chi connectivity index (χ0n) is 21.7. The zero-order valence-corrected chi connectivity index (χ0v) is 21.7. The van der Waals surface area contributed by atoms with Crippen LogP contribution < -0.4 is 0 Å². The van der Waals surface area contributed by atoms with Crippen molar-refractivity contribution < 1.29 is 0 Å². The van der Waals surface area contributed by atoms with Crippen LogP contribution in [-0.4, -0.2) is 19.5 Å². The number of pyridine rings is 2. The lowest BCUT2D eigenvalue weighted by atomic mass is 9.86. The van der Waals surface area contributed by atoms with Gasteiger partial charge in [0.1, 0.15) is 11.5 Å². The number of benzene rings is 3. The molecule has 3 aromatic carbocycles. The molecule has 0 atom stereocenters. The number of para-hydroxylation sites is 1. The molecule has 0 aliphatic rings. The number of aromatic amines is 1. The van der Waals surface area contributed by atoms with Crippen LogP contribution in [0.1, 0.15) is 26.3 Å². The molecule has 4 nitrogen and oxygen atoms in total. The molecule has 0 unspecified atom stereocenters. The molecule has 4 aromatic heterocycles. The molecule has 184 valence electrons. The zero-order chi connectivity index (χ0) is 25.9. The second kappa shape index (κ2) is 8.42. The van der Waals surface area contributed by atoms with Crippen molar-refractivity contribution in [2.75, 3.05) is 0 Å². The third kappa shape index (κ3) is 3.69. The normalized spacial score (nSPS) is 12.1. The summed E-state index contributed by atoms with van der Waals surface area (Å²) in [5.74, 6) is 1.02. The van der Waals surface area contributed by atoms with Crippen LogP contribution in [0.15, 0.2) is 109 Å². The maximum Gasteiger partial charge on any atom is 0.147 e. The molecule has 7 rings (SSSR count). The summed E-state index contributed by atoms with van der Waals surface area (Å²) in [4.78, 5) is 13.4. The topological polar surface area (TPSA) is 46.5 Å². The van der Waals surface area contributed by atoms with Crippen molar-refractivity contribution in [2.45, 2.75) is 26.2 Å². The van der Waals surface area contributed by atoms with Gasteiger partial charge in [-0.1, -0.05) is 69.3 Å². The quantitative estimate of drug-likeness (QED) is 0.268. The molecule has 0 fully saturated rings. The first-order valence-electron chi connectivity index (χ1n) is 13.0. The summed E-state index contributed by atoms with van der Waals surface area (Å²) >= 11 is 0. The van der Waals surface area contributed by atoms with E-state index in [1.807, 2.05) is 24.4 Å². The fraction of sp³-hybridized carbons (Fsp3) is 0.118. The van der Waals surface area contributed by atoms with Crippen molar-refractivity contribution in [3.63, 3.8) is 0 Å². The molecule has 38 heavy (non-hydrogen) atoms. The summed E-state index contributed by atoms with van der Waals surface area (Å²) in [6.07, 6.45) is 1.83. The Morgan fingerprint density at radius 3 is 2.29 bits per heavy atom. The first kappa shape index (κ1) is 22.5. The summed E-state index contributed by atoms with van der Waals surface area (Å²) in [6, 6.07) is 36.3. The summed E-state index contributed by atoms with van der Waals surface area (Å²) in [5.41, 5.74) is 8.61. The molecule has 0 saturated heterocycles. The Morgan fingerprint density at radius 1 is 0.684 bits per heavy atom. The van der Waals surface area contributed by atoms with Gasteiger partial charge in [-0.25, -0.2) is 4.98 Å². The van der Waals surface area contributed by atoms with Gasteiger partial charge in [-0.15, -0.1) is 0 Å². The van der Waals surface area contributed by atoms with E-state index in [0.29, 0.717) is 0 Å². The Bertz CT molecular complexity index is 1920. The van der Waals surface area contributed by atoms with Gasteiger partial charge in [0.05, 0.1) is 16.9 Å². The van der Waals surface area contributed by atoms with Gasteiger partial charge < -0.3 is 4.98 Å². The summed E-state index contributed by atoms with van der Waals surface area (Å²) in [6.45, 7) is 6.78. The van der Waals surface area contributed by atoms with Crippen LogP contribution in [0.4, 0.5) is 0 Å². The number of nitrogens with zero attached hydrogens (tertiary/aromatic N) is 3. The molecule has 0 bridgehead atoms. The Balaban J connectivity index is 1.48. The number of H-pyrrole nitrogens is 1. The molecule has 0 aliphatic heterocycles. The first-order valence-corrected chi connectivity index (χ1v) is 13.0. The van der Waals surface area contributed by atoms with E-state index < -0.39 is 0 Å². The molecular weight excluding hydrogens is 464 g/mol. The van der Waals surface area contributed by atoms with E-state index >= 15 is 0 Å². The molecule has 0 saturated carbocycles. The predicted molar refractivity (Wildman–Crippen MR) is 158 cm³/mol. The molecule has 0 radical (unpaired) electrons. The van der Waals surface area contributed by atoms with Gasteiger partial charge in [0.25, 0.3) is 0 Å². The number of hydrogen-bond acceptors (Lipinski definition) is 2. The lowest BCUT2D eigenvalue weighted by Gasteiger charge is -2.19. The Kier molecular flexibility index (Phi) is 4.98. The average Bonchev–Trinajstić information content (AvgIpc) is 3.51. The Hall–Kier alpha value is -4.70. The van der Waals surface area contributed by atoms with Gasteiger partial charge in [0.2, 0.25) is 0 Å². The molecule has 0 spiro atoms. The van der Waals surface area contributed by atoms with Crippen molar-refractivity contribution in [1.82, 2.24) is 19.5 Å². The summed E-state index contributed by atoms with van der Waals surface area (Å²) in [7, 11) is 0. The van der Waals surface area contributed by atoms with Crippen molar-refractivity contribution in [3.05, 3.63) is 115 Å². The highest BCUT2D eigenvalue weighted by Gasteiger charge is 2.20. The van der Waals surface area contributed by atoms with Crippen molar-refractivity contribution in [2.24, 2.45) is 0 Å².